The first kappa shape index (κ1) is 21.5. The van der Waals surface area contributed by atoms with Crippen molar-refractivity contribution in [1.29, 1.82) is 0 Å². The van der Waals surface area contributed by atoms with E-state index in [0.717, 1.165) is 67.2 Å². The predicted molar refractivity (Wildman–Crippen MR) is 126 cm³/mol. The summed E-state index contributed by atoms with van der Waals surface area (Å²) in [5, 5.41) is 23.7. The molecule has 0 unspecified atom stereocenters. The minimum absolute atomic E-state index is 0.265. The lowest BCUT2D eigenvalue weighted by molar-refractivity contribution is 0.0494. The first-order chi connectivity index (χ1) is 16.5. The van der Waals surface area contributed by atoms with Gasteiger partial charge in [0, 0.05) is 25.2 Å². The van der Waals surface area contributed by atoms with Crippen LogP contribution in [0.3, 0.4) is 0 Å². The maximum absolute atomic E-state index is 11.8. The third-order valence-electron chi connectivity index (χ3n) is 8.05. The van der Waals surface area contributed by atoms with Crippen LogP contribution >= 0.6 is 0 Å². The summed E-state index contributed by atoms with van der Waals surface area (Å²) in [5.74, 6) is 0.720. The number of hydrogen-bond donors (Lipinski definition) is 1. The maximum atomic E-state index is 11.8. The van der Waals surface area contributed by atoms with Crippen molar-refractivity contribution in [3.8, 4) is 0 Å². The van der Waals surface area contributed by atoms with Gasteiger partial charge in [-0.3, -0.25) is 0 Å². The number of esters is 1. The van der Waals surface area contributed by atoms with Crippen LogP contribution in [-0.2, 0) is 11.3 Å². The summed E-state index contributed by atoms with van der Waals surface area (Å²) in [7, 11) is 0. The molecule has 1 N–H and O–H groups in total. The van der Waals surface area contributed by atoms with Crippen LogP contribution in [0.2, 0.25) is 0 Å². The topological polar surface area (TPSA) is 96.1 Å². The molecule has 0 saturated carbocycles. The Morgan fingerprint density at radius 1 is 1.15 bits per heavy atom. The van der Waals surface area contributed by atoms with Gasteiger partial charge in [-0.2, -0.15) is 4.52 Å². The molecule has 5 heterocycles. The lowest BCUT2D eigenvalue weighted by Gasteiger charge is -2.48. The largest absolute Gasteiger partial charge is 0.457 e. The Morgan fingerprint density at radius 2 is 2.00 bits per heavy atom. The van der Waals surface area contributed by atoms with E-state index in [0.29, 0.717) is 24.1 Å². The average Bonchev–Trinajstić information content (AvgIpc) is 3.47. The van der Waals surface area contributed by atoms with Crippen molar-refractivity contribution >= 4 is 17.4 Å². The Kier molecular flexibility index (Phi) is 5.26. The van der Waals surface area contributed by atoms with E-state index in [1.807, 2.05) is 25.1 Å². The molecule has 3 aliphatic heterocycles. The number of β-amino-alcohol motifs (C(OH)–C–C–N with tert-alkyl or cyclic N) is 1. The van der Waals surface area contributed by atoms with Crippen LogP contribution in [0.25, 0.3) is 5.65 Å². The van der Waals surface area contributed by atoms with Gasteiger partial charge in [0.15, 0.2) is 5.65 Å². The van der Waals surface area contributed by atoms with Gasteiger partial charge >= 0.3 is 5.97 Å². The number of benzene rings is 1. The summed E-state index contributed by atoms with van der Waals surface area (Å²) in [4.78, 5) is 16.6. The summed E-state index contributed by atoms with van der Waals surface area (Å²) in [6.07, 6.45) is 5.73. The second-order valence-corrected chi connectivity index (χ2v) is 10.0. The van der Waals surface area contributed by atoms with Gasteiger partial charge < -0.3 is 19.6 Å². The fraction of sp³-hybridized carbons (Fsp3) is 0.520. The number of carbonyl (C=O) groups excluding carboxylic acids is 1. The minimum Gasteiger partial charge on any atom is -0.457 e. The van der Waals surface area contributed by atoms with Gasteiger partial charge in [-0.05, 0) is 80.4 Å². The van der Waals surface area contributed by atoms with Gasteiger partial charge in [-0.15, -0.1) is 15.3 Å². The fourth-order valence-corrected chi connectivity index (χ4v) is 5.98. The molecule has 1 spiro atoms. The van der Waals surface area contributed by atoms with E-state index in [1.54, 1.807) is 16.9 Å². The molecule has 0 aliphatic carbocycles. The van der Waals surface area contributed by atoms with Crippen LogP contribution in [0.4, 0.5) is 5.82 Å². The molecular formula is C25H30N6O3. The van der Waals surface area contributed by atoms with E-state index in [9.17, 15) is 9.90 Å². The van der Waals surface area contributed by atoms with Crippen molar-refractivity contribution in [1.82, 2.24) is 24.7 Å². The number of aliphatic hydroxyl groups excluding tert-OH is 1. The highest BCUT2D eigenvalue weighted by molar-refractivity contribution is 5.93. The quantitative estimate of drug-likeness (QED) is 0.591. The van der Waals surface area contributed by atoms with Crippen molar-refractivity contribution in [3.05, 3.63) is 52.8 Å². The van der Waals surface area contributed by atoms with Gasteiger partial charge in [-0.25, -0.2) is 4.79 Å². The average molecular weight is 463 g/mol. The van der Waals surface area contributed by atoms with E-state index in [4.69, 9.17) is 9.84 Å². The number of cyclic esters (lactones) is 1. The Hall–Kier alpha value is -3.04. The molecule has 0 bridgehead atoms. The van der Waals surface area contributed by atoms with Crippen LogP contribution in [-0.4, -0.2) is 68.5 Å². The summed E-state index contributed by atoms with van der Waals surface area (Å²) in [6.45, 7) is 6.90. The van der Waals surface area contributed by atoms with E-state index in [-0.39, 0.29) is 5.97 Å². The molecule has 2 fully saturated rings. The number of likely N-dealkylation sites (tertiary alicyclic amines) is 1. The number of ether oxygens (including phenoxy) is 1. The number of aliphatic hydroxyl groups is 1. The number of carbonyl (C=O) groups is 1. The van der Waals surface area contributed by atoms with Crippen molar-refractivity contribution in [2.75, 3.05) is 37.6 Å². The molecule has 2 saturated heterocycles. The number of fused-ring (bicyclic) bond motifs is 2. The van der Waals surface area contributed by atoms with Crippen molar-refractivity contribution in [3.63, 3.8) is 0 Å². The number of rotatable bonds is 4. The molecule has 34 heavy (non-hydrogen) atoms. The predicted octanol–water partition coefficient (Wildman–Crippen LogP) is 2.52. The van der Waals surface area contributed by atoms with E-state index < -0.39 is 6.10 Å². The third-order valence-corrected chi connectivity index (χ3v) is 8.05. The van der Waals surface area contributed by atoms with Gasteiger partial charge in [0.2, 0.25) is 0 Å². The summed E-state index contributed by atoms with van der Waals surface area (Å²) in [6, 6.07) is 7.70. The van der Waals surface area contributed by atoms with Crippen LogP contribution < -0.4 is 4.90 Å². The van der Waals surface area contributed by atoms with Crippen molar-refractivity contribution < 1.29 is 14.6 Å². The van der Waals surface area contributed by atoms with Crippen LogP contribution in [0.1, 0.15) is 58.8 Å². The summed E-state index contributed by atoms with van der Waals surface area (Å²) in [5.41, 5.74) is 4.49. The smallest absolute Gasteiger partial charge is 0.338 e. The molecule has 1 aromatic carbocycles. The van der Waals surface area contributed by atoms with Crippen molar-refractivity contribution in [2.45, 2.75) is 45.3 Å². The lowest BCUT2D eigenvalue weighted by atomic mass is 9.72. The molecule has 0 amide bonds. The number of aromatic nitrogens is 4. The highest BCUT2D eigenvalue weighted by Gasteiger charge is 2.39. The highest BCUT2D eigenvalue weighted by atomic mass is 16.5. The number of anilines is 1. The third kappa shape index (κ3) is 3.73. The fourth-order valence-electron chi connectivity index (χ4n) is 5.98. The Morgan fingerprint density at radius 3 is 2.85 bits per heavy atom. The molecule has 2 aromatic heterocycles. The van der Waals surface area contributed by atoms with Crippen LogP contribution in [0, 0.1) is 12.3 Å². The van der Waals surface area contributed by atoms with Crippen LogP contribution in [0.15, 0.2) is 30.6 Å². The van der Waals surface area contributed by atoms with Gasteiger partial charge in [-0.1, -0.05) is 6.07 Å². The molecule has 3 aliphatic rings. The highest BCUT2D eigenvalue weighted by Crippen LogP contribution is 2.41. The second kappa shape index (κ2) is 8.32. The van der Waals surface area contributed by atoms with E-state index in [1.165, 1.54) is 12.8 Å². The molecule has 0 radical (unpaired) electrons. The molecule has 178 valence electrons. The molecule has 9 nitrogen and oxygen atoms in total. The molecular weight excluding hydrogens is 432 g/mol. The summed E-state index contributed by atoms with van der Waals surface area (Å²) >= 11 is 0. The number of nitrogens with zero attached hydrogens (tertiary/aromatic N) is 6. The monoisotopic (exact) mass is 462 g/mol. The van der Waals surface area contributed by atoms with E-state index in [2.05, 4.69) is 20.0 Å². The zero-order valence-electron chi connectivity index (χ0n) is 19.5. The molecule has 1 atom stereocenters. The Bertz CT molecular complexity index is 1230. The Labute approximate surface area is 198 Å². The molecule has 3 aromatic rings. The number of hydrogen-bond acceptors (Lipinski definition) is 8. The standard InChI is InChI=1S/C25H30N6O3/c1-17-18(3-4-19-20(17)14-34-24(19)33)21(32)13-29-11-8-25(9-12-29)7-2-10-30(15-25)23-6-5-22-27-26-16-31(22)28-23/h3-6,16,21,32H,2,7-15H2,1H3/t21-/m0/s1. The Balaban J connectivity index is 1.10. The van der Waals surface area contributed by atoms with Gasteiger partial charge in [0.05, 0.1) is 11.7 Å². The first-order valence-corrected chi connectivity index (χ1v) is 12.1. The lowest BCUT2D eigenvalue weighted by Crippen LogP contribution is -2.50. The maximum Gasteiger partial charge on any atom is 0.338 e. The SMILES string of the molecule is Cc1c([C@@H](O)CN2CCC3(CCCN(c4ccc5nncn5n4)C3)CC2)ccc2c1COC2=O. The van der Waals surface area contributed by atoms with Gasteiger partial charge in [0.1, 0.15) is 18.8 Å². The first-order valence-electron chi connectivity index (χ1n) is 12.1. The van der Waals surface area contributed by atoms with Crippen LogP contribution in [0.5, 0.6) is 0 Å². The molecule has 6 rings (SSSR count). The number of piperidine rings is 2. The molecule has 9 heteroatoms. The zero-order chi connectivity index (χ0) is 23.3. The zero-order valence-corrected chi connectivity index (χ0v) is 19.5. The van der Waals surface area contributed by atoms with Gasteiger partial charge in [0.25, 0.3) is 0 Å². The van der Waals surface area contributed by atoms with E-state index >= 15 is 0 Å². The minimum atomic E-state index is -0.572. The summed E-state index contributed by atoms with van der Waals surface area (Å²) < 4.78 is 6.90. The van der Waals surface area contributed by atoms with Crippen molar-refractivity contribution in [2.24, 2.45) is 5.41 Å². The normalized spacial score (nSPS) is 21.1. The second-order valence-electron chi connectivity index (χ2n) is 10.0.